The molecule has 5 nitrogen and oxygen atoms in total. The van der Waals surface area contributed by atoms with Crippen LogP contribution >= 0.6 is 34.4 Å². The van der Waals surface area contributed by atoms with Crippen molar-refractivity contribution in [1.29, 1.82) is 0 Å². The Morgan fingerprint density at radius 1 is 1.47 bits per heavy atom. The van der Waals surface area contributed by atoms with Crippen molar-refractivity contribution < 1.29 is 9.59 Å². The van der Waals surface area contributed by atoms with Crippen molar-refractivity contribution >= 4 is 57.0 Å². The number of aliphatic imine (C=N–C) groups is 1. The molecule has 0 spiro atoms. The fourth-order valence-corrected chi connectivity index (χ4v) is 2.85. The number of rotatable bonds is 3. The Labute approximate surface area is 128 Å². The second kappa shape index (κ2) is 6.38. The number of carbonyl (C=O) groups is 2. The van der Waals surface area contributed by atoms with Crippen LogP contribution in [0.15, 0.2) is 29.3 Å². The van der Waals surface area contributed by atoms with Gasteiger partial charge in [0.05, 0.1) is 0 Å². The number of amides is 2. The lowest BCUT2D eigenvalue weighted by Gasteiger charge is -2.07. The highest BCUT2D eigenvalue weighted by atomic mass is 127. The van der Waals surface area contributed by atoms with Crippen LogP contribution in [0.3, 0.4) is 0 Å². The molecule has 1 heterocycles. The maximum Gasteiger partial charge on any atom is 0.240 e. The first-order valence-corrected chi connectivity index (χ1v) is 7.54. The SMILES string of the molecule is CN=C1NC(=O)[C@H](CC(=O)Nc2ccc(I)cc2)S1. The van der Waals surface area contributed by atoms with E-state index in [2.05, 4.69) is 38.2 Å². The summed E-state index contributed by atoms with van der Waals surface area (Å²) in [7, 11) is 1.61. The van der Waals surface area contributed by atoms with Crippen molar-refractivity contribution in [1.82, 2.24) is 5.32 Å². The zero-order valence-corrected chi connectivity index (χ0v) is 13.1. The fourth-order valence-electron chi connectivity index (χ4n) is 1.56. The third-order valence-electron chi connectivity index (χ3n) is 2.48. The molecule has 2 N–H and O–H groups in total. The molecule has 0 saturated carbocycles. The summed E-state index contributed by atoms with van der Waals surface area (Å²) in [6.45, 7) is 0. The first kappa shape index (κ1) is 14.3. The molecule has 2 rings (SSSR count). The first-order chi connectivity index (χ1) is 9.08. The van der Waals surface area contributed by atoms with Gasteiger partial charge < -0.3 is 10.6 Å². The number of anilines is 1. The summed E-state index contributed by atoms with van der Waals surface area (Å²) in [5, 5.41) is 5.56. The third-order valence-corrected chi connectivity index (χ3v) is 4.37. The van der Waals surface area contributed by atoms with E-state index in [0.29, 0.717) is 5.17 Å². The molecule has 100 valence electrons. The minimum Gasteiger partial charge on any atom is -0.326 e. The Balaban J connectivity index is 1.91. The summed E-state index contributed by atoms with van der Waals surface area (Å²) in [4.78, 5) is 27.3. The molecule has 1 aliphatic rings. The monoisotopic (exact) mass is 389 g/mol. The van der Waals surface area contributed by atoms with Gasteiger partial charge in [-0.05, 0) is 46.9 Å². The molecule has 2 amide bonds. The predicted octanol–water partition coefficient (Wildman–Crippen LogP) is 1.84. The topological polar surface area (TPSA) is 70.6 Å². The molecule has 0 unspecified atom stereocenters. The summed E-state index contributed by atoms with van der Waals surface area (Å²) < 4.78 is 1.10. The average molecular weight is 389 g/mol. The summed E-state index contributed by atoms with van der Waals surface area (Å²) in [6, 6.07) is 7.49. The van der Waals surface area contributed by atoms with Gasteiger partial charge in [-0.1, -0.05) is 11.8 Å². The highest BCUT2D eigenvalue weighted by Crippen LogP contribution is 2.22. The minimum atomic E-state index is -0.400. The number of nitrogens with one attached hydrogen (secondary N) is 2. The van der Waals surface area contributed by atoms with Gasteiger partial charge in [-0.25, -0.2) is 0 Å². The van der Waals surface area contributed by atoms with Crippen molar-refractivity contribution in [2.45, 2.75) is 11.7 Å². The Hall–Kier alpha value is -1.09. The number of thioether (sulfide) groups is 1. The number of carbonyl (C=O) groups excluding carboxylic acids is 2. The normalized spacial score (nSPS) is 20.4. The molecular formula is C12H12IN3O2S. The van der Waals surface area contributed by atoms with Crippen LogP contribution in [0.4, 0.5) is 5.69 Å². The van der Waals surface area contributed by atoms with E-state index in [1.54, 1.807) is 7.05 Å². The van der Waals surface area contributed by atoms with Crippen LogP contribution in [0.25, 0.3) is 0 Å². The first-order valence-electron chi connectivity index (χ1n) is 5.58. The Morgan fingerprint density at radius 3 is 2.74 bits per heavy atom. The molecule has 0 bridgehead atoms. The predicted molar refractivity (Wildman–Crippen MR) is 85.3 cm³/mol. The van der Waals surface area contributed by atoms with Crippen LogP contribution in [0.1, 0.15) is 6.42 Å². The van der Waals surface area contributed by atoms with E-state index >= 15 is 0 Å². The molecule has 19 heavy (non-hydrogen) atoms. The maximum absolute atomic E-state index is 11.8. The van der Waals surface area contributed by atoms with Gasteiger partial charge in [0, 0.05) is 22.7 Å². The van der Waals surface area contributed by atoms with E-state index in [0.717, 1.165) is 9.26 Å². The lowest BCUT2D eigenvalue weighted by atomic mass is 10.2. The molecule has 1 aromatic carbocycles. The van der Waals surface area contributed by atoms with Crippen LogP contribution in [0.5, 0.6) is 0 Å². The highest BCUT2D eigenvalue weighted by molar-refractivity contribution is 14.1. The van der Waals surface area contributed by atoms with Crippen LogP contribution in [0.2, 0.25) is 0 Å². The Kier molecular flexibility index (Phi) is 4.81. The van der Waals surface area contributed by atoms with Gasteiger partial charge in [0.25, 0.3) is 0 Å². The van der Waals surface area contributed by atoms with E-state index in [1.165, 1.54) is 11.8 Å². The largest absolute Gasteiger partial charge is 0.326 e. The van der Waals surface area contributed by atoms with Gasteiger partial charge >= 0.3 is 0 Å². The smallest absolute Gasteiger partial charge is 0.240 e. The number of hydrogen-bond acceptors (Lipinski definition) is 4. The minimum absolute atomic E-state index is 0.140. The van der Waals surface area contributed by atoms with E-state index < -0.39 is 5.25 Å². The Bertz CT molecular complexity index is 530. The zero-order chi connectivity index (χ0) is 13.8. The second-order valence-corrected chi connectivity index (χ2v) is 6.32. The summed E-state index contributed by atoms with van der Waals surface area (Å²) in [6.07, 6.45) is 0.140. The summed E-state index contributed by atoms with van der Waals surface area (Å²) in [5.41, 5.74) is 0.734. The maximum atomic E-state index is 11.8. The number of halogens is 1. The lowest BCUT2D eigenvalue weighted by molar-refractivity contribution is -0.122. The third kappa shape index (κ3) is 3.93. The number of hydrogen-bond donors (Lipinski definition) is 2. The number of benzene rings is 1. The number of nitrogens with zero attached hydrogens (tertiary/aromatic N) is 1. The second-order valence-electron chi connectivity index (χ2n) is 3.88. The quantitative estimate of drug-likeness (QED) is 0.776. The molecule has 1 aliphatic heterocycles. The van der Waals surface area contributed by atoms with Crippen LogP contribution in [0, 0.1) is 3.57 Å². The number of amidine groups is 1. The molecule has 0 aromatic heterocycles. The van der Waals surface area contributed by atoms with Crippen molar-refractivity contribution in [2.75, 3.05) is 12.4 Å². The van der Waals surface area contributed by atoms with Crippen LogP contribution in [-0.2, 0) is 9.59 Å². The van der Waals surface area contributed by atoms with Gasteiger partial charge in [0.1, 0.15) is 5.25 Å². The molecule has 1 atom stereocenters. The van der Waals surface area contributed by atoms with Crippen LogP contribution < -0.4 is 10.6 Å². The van der Waals surface area contributed by atoms with E-state index in [-0.39, 0.29) is 18.2 Å². The van der Waals surface area contributed by atoms with Crippen molar-refractivity contribution in [3.05, 3.63) is 27.8 Å². The van der Waals surface area contributed by atoms with Crippen LogP contribution in [-0.4, -0.2) is 29.3 Å². The molecule has 1 saturated heterocycles. The van der Waals surface area contributed by atoms with Gasteiger partial charge in [0.15, 0.2) is 5.17 Å². The lowest BCUT2D eigenvalue weighted by Crippen LogP contribution is -2.28. The standard InChI is InChI=1S/C12H12IN3O2S/c1-14-12-16-11(18)9(19-12)6-10(17)15-8-4-2-7(13)3-5-8/h2-5,9H,6H2,1H3,(H,15,17)(H,14,16,18)/t9-/m0/s1. The van der Waals surface area contributed by atoms with Gasteiger partial charge in [-0.15, -0.1) is 0 Å². The van der Waals surface area contributed by atoms with E-state index in [1.807, 2.05) is 24.3 Å². The van der Waals surface area contributed by atoms with Gasteiger partial charge in [0.2, 0.25) is 11.8 Å². The molecule has 0 aliphatic carbocycles. The molecule has 1 fully saturated rings. The Morgan fingerprint density at radius 2 is 2.16 bits per heavy atom. The summed E-state index contributed by atoms with van der Waals surface area (Å²) >= 11 is 3.48. The molecule has 0 radical (unpaired) electrons. The van der Waals surface area contributed by atoms with Crippen molar-refractivity contribution in [3.8, 4) is 0 Å². The zero-order valence-electron chi connectivity index (χ0n) is 10.1. The van der Waals surface area contributed by atoms with Gasteiger partial charge in [-0.3, -0.25) is 14.6 Å². The van der Waals surface area contributed by atoms with E-state index in [4.69, 9.17) is 0 Å². The summed E-state index contributed by atoms with van der Waals surface area (Å²) in [5.74, 6) is -0.338. The highest BCUT2D eigenvalue weighted by Gasteiger charge is 2.31. The van der Waals surface area contributed by atoms with Crippen molar-refractivity contribution in [3.63, 3.8) is 0 Å². The average Bonchev–Trinajstić information content (AvgIpc) is 2.73. The van der Waals surface area contributed by atoms with Gasteiger partial charge in [-0.2, -0.15) is 0 Å². The van der Waals surface area contributed by atoms with Crippen molar-refractivity contribution in [2.24, 2.45) is 4.99 Å². The molecular weight excluding hydrogens is 377 g/mol. The molecule has 7 heteroatoms. The molecule has 1 aromatic rings. The van der Waals surface area contributed by atoms with E-state index in [9.17, 15) is 9.59 Å². The fraction of sp³-hybridized carbons (Fsp3) is 0.250.